The van der Waals surface area contributed by atoms with E-state index in [1.165, 1.54) is 38.8 Å². The zero-order valence-corrected chi connectivity index (χ0v) is 18.1. The number of halogens is 1. The molecule has 2 aromatic carbocycles. The van der Waals surface area contributed by atoms with Gasteiger partial charge in [-0.2, -0.15) is 0 Å². The van der Waals surface area contributed by atoms with E-state index in [2.05, 4.69) is 5.32 Å². The fourth-order valence-electron chi connectivity index (χ4n) is 3.44. The minimum Gasteiger partial charge on any atom is -0.497 e. The molecule has 1 N–H and O–H groups in total. The lowest BCUT2D eigenvalue weighted by Gasteiger charge is -2.24. The van der Waals surface area contributed by atoms with Crippen LogP contribution in [0.25, 0.3) is 0 Å². The number of carbonyl (C=O) groups excluding carboxylic acids is 1. The van der Waals surface area contributed by atoms with Crippen molar-refractivity contribution in [1.29, 1.82) is 0 Å². The molecule has 1 fully saturated rings. The first kappa shape index (κ1) is 21.5. The highest BCUT2D eigenvalue weighted by atomic mass is 35.5. The second-order valence-electron chi connectivity index (χ2n) is 7.12. The highest BCUT2D eigenvalue weighted by molar-refractivity contribution is 7.92. The van der Waals surface area contributed by atoms with Gasteiger partial charge in [0.2, 0.25) is 0 Å². The number of hydrogen-bond acceptors (Lipinski definition) is 4. The van der Waals surface area contributed by atoms with Gasteiger partial charge in [0.05, 0.1) is 28.3 Å². The minimum absolute atomic E-state index is 0.129. The first-order valence-electron chi connectivity index (χ1n) is 9.56. The van der Waals surface area contributed by atoms with E-state index in [4.69, 9.17) is 16.3 Å². The first-order valence-corrected chi connectivity index (χ1v) is 11.4. The van der Waals surface area contributed by atoms with Gasteiger partial charge in [-0.05, 0) is 55.3 Å². The Hall–Kier alpha value is -2.25. The third kappa shape index (κ3) is 4.85. The molecule has 0 saturated heterocycles. The minimum atomic E-state index is -3.80. The molecule has 0 bridgehead atoms. The summed E-state index contributed by atoms with van der Waals surface area (Å²) in [5.41, 5.74) is 0.630. The van der Waals surface area contributed by atoms with Crippen LogP contribution in [0.3, 0.4) is 0 Å². The average Bonchev–Trinajstić information content (AvgIpc) is 2.74. The number of hydrogen-bond donors (Lipinski definition) is 1. The Morgan fingerprint density at radius 3 is 2.38 bits per heavy atom. The van der Waals surface area contributed by atoms with E-state index < -0.39 is 10.0 Å². The van der Waals surface area contributed by atoms with Crippen LogP contribution in [-0.2, 0) is 10.0 Å². The number of amides is 1. The summed E-state index contributed by atoms with van der Waals surface area (Å²) in [6, 6.07) is 10.9. The van der Waals surface area contributed by atoms with Gasteiger partial charge in [-0.25, -0.2) is 8.42 Å². The van der Waals surface area contributed by atoms with Crippen molar-refractivity contribution in [2.45, 2.75) is 43.0 Å². The molecule has 3 rings (SSSR count). The number of ether oxygens (including phenoxy) is 1. The van der Waals surface area contributed by atoms with Gasteiger partial charge in [-0.3, -0.25) is 9.10 Å². The molecule has 0 atom stereocenters. The second kappa shape index (κ2) is 9.05. The third-order valence-corrected chi connectivity index (χ3v) is 7.35. The number of sulfonamides is 1. The van der Waals surface area contributed by atoms with Crippen LogP contribution in [-0.4, -0.2) is 34.5 Å². The van der Waals surface area contributed by atoms with Crippen molar-refractivity contribution in [3.05, 3.63) is 53.1 Å². The molecule has 8 heteroatoms. The van der Waals surface area contributed by atoms with Crippen molar-refractivity contribution in [1.82, 2.24) is 5.32 Å². The van der Waals surface area contributed by atoms with Crippen molar-refractivity contribution in [3.63, 3.8) is 0 Å². The molecule has 0 unspecified atom stereocenters. The molecule has 6 nitrogen and oxygen atoms in total. The van der Waals surface area contributed by atoms with Gasteiger partial charge in [0.1, 0.15) is 5.75 Å². The van der Waals surface area contributed by atoms with Crippen LogP contribution in [0.2, 0.25) is 5.02 Å². The third-order valence-electron chi connectivity index (χ3n) is 5.22. The van der Waals surface area contributed by atoms with Gasteiger partial charge in [0.25, 0.3) is 15.9 Å². The number of nitrogens with one attached hydrogen (secondary N) is 1. The maximum Gasteiger partial charge on any atom is 0.264 e. The highest BCUT2D eigenvalue weighted by Crippen LogP contribution is 2.28. The monoisotopic (exact) mass is 436 g/mol. The smallest absolute Gasteiger partial charge is 0.264 e. The lowest BCUT2D eigenvalue weighted by molar-refractivity contribution is 0.0928. The number of rotatable bonds is 6. The maximum absolute atomic E-state index is 13.0. The quantitative estimate of drug-likeness (QED) is 0.734. The zero-order valence-electron chi connectivity index (χ0n) is 16.5. The van der Waals surface area contributed by atoms with Crippen LogP contribution in [0.5, 0.6) is 5.75 Å². The largest absolute Gasteiger partial charge is 0.497 e. The average molecular weight is 437 g/mol. The van der Waals surface area contributed by atoms with Gasteiger partial charge in [-0.1, -0.05) is 30.9 Å². The Morgan fingerprint density at radius 2 is 1.76 bits per heavy atom. The standard InChI is InChI=1S/C21H25ClN2O4S/c1-24(29(26,27)18-11-9-17(28-2)10-12-18)16-8-13-20(22)19(14-16)21(25)23-15-6-4-3-5-7-15/h8-15H,3-7H2,1-2H3,(H,23,25). The molecule has 0 aromatic heterocycles. The summed E-state index contributed by atoms with van der Waals surface area (Å²) in [6.07, 6.45) is 5.29. The van der Waals surface area contributed by atoms with Crippen molar-refractivity contribution >= 4 is 33.2 Å². The first-order chi connectivity index (χ1) is 13.8. The van der Waals surface area contributed by atoms with Crippen LogP contribution in [0, 0.1) is 0 Å². The van der Waals surface area contributed by atoms with Gasteiger partial charge >= 0.3 is 0 Å². The number of benzene rings is 2. The molecule has 0 spiro atoms. The molecular weight excluding hydrogens is 412 g/mol. The number of methoxy groups -OCH3 is 1. The van der Waals surface area contributed by atoms with Gasteiger partial charge in [0.15, 0.2) is 0 Å². The molecule has 156 valence electrons. The molecule has 1 amide bonds. The Bertz CT molecular complexity index is 971. The molecule has 1 aliphatic rings. The van der Waals surface area contributed by atoms with Crippen LogP contribution in [0.15, 0.2) is 47.4 Å². The molecule has 1 aliphatic carbocycles. The summed E-state index contributed by atoms with van der Waals surface area (Å²) < 4.78 is 32.2. The summed E-state index contributed by atoms with van der Waals surface area (Å²) in [4.78, 5) is 12.9. The van der Waals surface area contributed by atoms with Crippen LogP contribution < -0.4 is 14.4 Å². The summed E-state index contributed by atoms with van der Waals surface area (Å²) in [7, 11) is -0.829. The van der Waals surface area contributed by atoms with Crippen molar-refractivity contribution < 1.29 is 17.9 Å². The van der Waals surface area contributed by atoms with Gasteiger partial charge < -0.3 is 10.1 Å². The predicted molar refractivity (Wildman–Crippen MR) is 114 cm³/mol. The fraction of sp³-hybridized carbons (Fsp3) is 0.381. The van der Waals surface area contributed by atoms with Crippen LogP contribution in [0.4, 0.5) is 5.69 Å². The Morgan fingerprint density at radius 1 is 1.10 bits per heavy atom. The lowest BCUT2D eigenvalue weighted by Crippen LogP contribution is -2.36. The zero-order chi connectivity index (χ0) is 21.0. The Labute approximate surface area is 176 Å². The fourth-order valence-corrected chi connectivity index (χ4v) is 4.83. The predicted octanol–water partition coefficient (Wildman–Crippen LogP) is 4.24. The SMILES string of the molecule is COc1ccc(S(=O)(=O)N(C)c2ccc(Cl)c(C(=O)NC3CCCCC3)c2)cc1. The number of anilines is 1. The van der Waals surface area contributed by atoms with Gasteiger partial charge in [-0.15, -0.1) is 0 Å². The van der Waals surface area contributed by atoms with E-state index in [9.17, 15) is 13.2 Å². The molecule has 0 heterocycles. The molecular formula is C21H25ClN2O4S. The molecule has 0 aliphatic heterocycles. The van der Waals surface area contributed by atoms with Crippen LogP contribution >= 0.6 is 11.6 Å². The van der Waals surface area contributed by atoms with E-state index in [1.54, 1.807) is 24.3 Å². The van der Waals surface area contributed by atoms with E-state index in [0.29, 0.717) is 11.4 Å². The number of carbonyl (C=O) groups is 1. The molecule has 2 aromatic rings. The number of nitrogens with zero attached hydrogens (tertiary/aromatic N) is 1. The second-order valence-corrected chi connectivity index (χ2v) is 9.50. The Balaban J connectivity index is 1.84. The van der Waals surface area contributed by atoms with E-state index in [0.717, 1.165) is 30.0 Å². The highest BCUT2D eigenvalue weighted by Gasteiger charge is 2.24. The van der Waals surface area contributed by atoms with E-state index in [-0.39, 0.29) is 27.4 Å². The van der Waals surface area contributed by atoms with E-state index in [1.807, 2.05) is 0 Å². The summed E-state index contributed by atoms with van der Waals surface area (Å²) >= 11 is 6.24. The summed E-state index contributed by atoms with van der Waals surface area (Å²) in [5, 5.41) is 3.31. The lowest BCUT2D eigenvalue weighted by atomic mass is 9.95. The summed E-state index contributed by atoms with van der Waals surface area (Å²) in [6.45, 7) is 0. The van der Waals surface area contributed by atoms with Crippen molar-refractivity contribution in [2.24, 2.45) is 0 Å². The molecule has 29 heavy (non-hydrogen) atoms. The normalized spacial score (nSPS) is 15.0. The molecule has 0 radical (unpaired) electrons. The van der Waals surface area contributed by atoms with Crippen molar-refractivity contribution in [3.8, 4) is 5.75 Å². The topological polar surface area (TPSA) is 75.7 Å². The molecule has 1 saturated carbocycles. The Kier molecular flexibility index (Phi) is 6.70. The van der Waals surface area contributed by atoms with Crippen molar-refractivity contribution in [2.75, 3.05) is 18.5 Å². The van der Waals surface area contributed by atoms with Crippen LogP contribution in [0.1, 0.15) is 42.5 Å². The summed E-state index contributed by atoms with van der Waals surface area (Å²) in [5.74, 6) is 0.291. The van der Waals surface area contributed by atoms with Gasteiger partial charge in [0, 0.05) is 13.1 Å². The maximum atomic E-state index is 13.0. The van der Waals surface area contributed by atoms with E-state index >= 15 is 0 Å².